The lowest BCUT2D eigenvalue weighted by Crippen LogP contribution is -2.27. The van der Waals surface area contributed by atoms with Crippen molar-refractivity contribution in [3.05, 3.63) is 55.5 Å². The van der Waals surface area contributed by atoms with Crippen LogP contribution in [0.15, 0.2) is 24.3 Å². The average Bonchev–Trinajstić information content (AvgIpc) is 2.87. The third-order valence-electron chi connectivity index (χ3n) is 3.47. The molecule has 0 fully saturated rings. The number of amides is 1. The van der Waals surface area contributed by atoms with Crippen molar-refractivity contribution in [2.75, 3.05) is 6.54 Å². The Kier molecular flexibility index (Phi) is 5.81. The Morgan fingerprint density at radius 2 is 2.13 bits per heavy atom. The van der Waals surface area contributed by atoms with E-state index in [1.54, 1.807) is 29.5 Å². The van der Waals surface area contributed by atoms with Gasteiger partial charge in [0.2, 0.25) is 5.91 Å². The normalized spacial score (nSPS) is 10.5. The van der Waals surface area contributed by atoms with Crippen LogP contribution in [-0.4, -0.2) is 22.4 Å². The molecule has 2 aromatic rings. The topological polar surface area (TPSA) is 85.1 Å². The summed E-state index contributed by atoms with van der Waals surface area (Å²) in [6.07, 6.45) is 1.59. The molecular formula is C16H19N3O3S. The van der Waals surface area contributed by atoms with E-state index < -0.39 is 4.92 Å². The number of carbonyl (C=O) groups is 1. The third kappa shape index (κ3) is 4.59. The standard InChI is InChI=1S/C16H19N3O3S/c1-3-13-11(2)23-16(18-13)8-9-17-15(20)10-12-6-4-5-7-14(12)19(21)22/h4-7H,3,8-10H2,1-2H3,(H,17,20). The van der Waals surface area contributed by atoms with Gasteiger partial charge in [0.05, 0.1) is 22.0 Å². The first kappa shape index (κ1) is 17.1. The molecule has 0 saturated carbocycles. The molecule has 0 aliphatic heterocycles. The minimum Gasteiger partial charge on any atom is -0.355 e. The molecule has 6 nitrogen and oxygen atoms in total. The Hall–Kier alpha value is -2.28. The predicted octanol–water partition coefficient (Wildman–Crippen LogP) is 2.82. The number of nitrogens with one attached hydrogen (secondary N) is 1. The number of rotatable bonds is 7. The predicted molar refractivity (Wildman–Crippen MR) is 89.7 cm³/mol. The highest BCUT2D eigenvalue weighted by atomic mass is 32.1. The Balaban J connectivity index is 1.87. The minimum atomic E-state index is -0.465. The van der Waals surface area contributed by atoms with Crippen molar-refractivity contribution in [2.45, 2.75) is 33.1 Å². The van der Waals surface area contributed by atoms with Crippen LogP contribution in [0.4, 0.5) is 5.69 Å². The van der Waals surface area contributed by atoms with E-state index in [9.17, 15) is 14.9 Å². The molecule has 1 aromatic heterocycles. The van der Waals surface area contributed by atoms with Gasteiger partial charge in [-0.25, -0.2) is 4.98 Å². The van der Waals surface area contributed by atoms with E-state index in [4.69, 9.17) is 0 Å². The van der Waals surface area contributed by atoms with Crippen LogP contribution in [0.25, 0.3) is 0 Å². The second-order valence-electron chi connectivity index (χ2n) is 5.13. The molecule has 0 spiro atoms. The van der Waals surface area contributed by atoms with Gasteiger partial charge in [0.15, 0.2) is 0 Å². The van der Waals surface area contributed by atoms with Crippen LogP contribution in [0.1, 0.15) is 28.1 Å². The van der Waals surface area contributed by atoms with E-state index in [1.165, 1.54) is 10.9 Å². The Bertz CT molecular complexity index is 712. The van der Waals surface area contributed by atoms with Crippen LogP contribution in [0.5, 0.6) is 0 Å². The van der Waals surface area contributed by atoms with Crippen LogP contribution in [-0.2, 0) is 24.1 Å². The Labute approximate surface area is 138 Å². The van der Waals surface area contributed by atoms with Gasteiger partial charge in [-0.3, -0.25) is 14.9 Å². The zero-order valence-electron chi connectivity index (χ0n) is 13.2. The van der Waals surface area contributed by atoms with Crippen molar-refractivity contribution in [1.29, 1.82) is 0 Å². The number of aromatic nitrogens is 1. The van der Waals surface area contributed by atoms with Crippen molar-refractivity contribution in [1.82, 2.24) is 10.3 Å². The van der Waals surface area contributed by atoms with E-state index in [1.807, 2.05) is 6.92 Å². The zero-order chi connectivity index (χ0) is 16.8. The van der Waals surface area contributed by atoms with Crippen molar-refractivity contribution in [2.24, 2.45) is 0 Å². The van der Waals surface area contributed by atoms with Gasteiger partial charge in [0, 0.05) is 29.5 Å². The highest BCUT2D eigenvalue weighted by Gasteiger charge is 2.15. The minimum absolute atomic E-state index is 0.00819. The summed E-state index contributed by atoms with van der Waals surface area (Å²) in [4.78, 5) is 28.2. The molecule has 1 aromatic carbocycles. The molecule has 0 radical (unpaired) electrons. The number of nitro benzene ring substituents is 1. The third-order valence-corrected chi connectivity index (χ3v) is 4.55. The first-order valence-corrected chi connectivity index (χ1v) is 8.27. The summed E-state index contributed by atoms with van der Waals surface area (Å²) in [7, 11) is 0. The summed E-state index contributed by atoms with van der Waals surface area (Å²) in [6, 6.07) is 6.30. The van der Waals surface area contributed by atoms with E-state index in [2.05, 4.69) is 17.2 Å². The van der Waals surface area contributed by atoms with Gasteiger partial charge in [-0.15, -0.1) is 11.3 Å². The Morgan fingerprint density at radius 1 is 1.39 bits per heavy atom. The van der Waals surface area contributed by atoms with Gasteiger partial charge in [-0.1, -0.05) is 25.1 Å². The van der Waals surface area contributed by atoms with Crippen LogP contribution in [0, 0.1) is 17.0 Å². The summed E-state index contributed by atoms with van der Waals surface area (Å²) in [5.74, 6) is -0.219. The maximum atomic E-state index is 12.0. The molecule has 23 heavy (non-hydrogen) atoms. The van der Waals surface area contributed by atoms with Gasteiger partial charge in [-0.05, 0) is 13.3 Å². The first-order valence-electron chi connectivity index (χ1n) is 7.45. The number of nitro groups is 1. The van der Waals surface area contributed by atoms with Crippen molar-refractivity contribution in [3.8, 4) is 0 Å². The number of carbonyl (C=O) groups excluding carboxylic acids is 1. The van der Waals surface area contributed by atoms with Crippen molar-refractivity contribution >= 4 is 22.9 Å². The van der Waals surface area contributed by atoms with Crippen LogP contribution in [0.2, 0.25) is 0 Å². The van der Waals surface area contributed by atoms with Crippen LogP contribution in [0.3, 0.4) is 0 Å². The number of thiazole rings is 1. The lowest BCUT2D eigenvalue weighted by Gasteiger charge is -2.05. The summed E-state index contributed by atoms with van der Waals surface area (Å²) in [5.41, 5.74) is 1.51. The molecule has 1 amide bonds. The molecule has 1 heterocycles. The highest BCUT2D eigenvalue weighted by Crippen LogP contribution is 2.19. The summed E-state index contributed by atoms with van der Waals surface area (Å²) < 4.78 is 0. The molecule has 7 heteroatoms. The van der Waals surface area contributed by atoms with Crippen molar-refractivity contribution < 1.29 is 9.72 Å². The average molecular weight is 333 g/mol. The fourth-order valence-corrected chi connectivity index (χ4v) is 3.33. The van der Waals surface area contributed by atoms with Gasteiger partial charge in [0.25, 0.3) is 5.69 Å². The quantitative estimate of drug-likeness (QED) is 0.623. The molecule has 1 N–H and O–H groups in total. The number of para-hydroxylation sites is 1. The molecule has 0 unspecified atom stereocenters. The second kappa shape index (κ2) is 7.82. The van der Waals surface area contributed by atoms with Gasteiger partial charge in [0.1, 0.15) is 0 Å². The summed E-state index contributed by atoms with van der Waals surface area (Å²) in [5, 5.41) is 14.7. The van der Waals surface area contributed by atoms with Crippen molar-refractivity contribution in [3.63, 3.8) is 0 Å². The van der Waals surface area contributed by atoms with Crippen LogP contribution >= 0.6 is 11.3 Å². The molecule has 122 valence electrons. The Morgan fingerprint density at radius 3 is 2.78 bits per heavy atom. The number of hydrogen-bond donors (Lipinski definition) is 1. The fraction of sp³-hybridized carbons (Fsp3) is 0.375. The largest absolute Gasteiger partial charge is 0.355 e. The van der Waals surface area contributed by atoms with E-state index in [0.717, 1.165) is 17.1 Å². The highest BCUT2D eigenvalue weighted by molar-refractivity contribution is 7.11. The van der Waals surface area contributed by atoms with Gasteiger partial charge >= 0.3 is 0 Å². The second-order valence-corrected chi connectivity index (χ2v) is 6.41. The number of benzene rings is 1. The molecule has 0 bridgehead atoms. The number of hydrogen-bond acceptors (Lipinski definition) is 5. The maximum absolute atomic E-state index is 12.0. The molecule has 0 aliphatic carbocycles. The monoisotopic (exact) mass is 333 g/mol. The lowest BCUT2D eigenvalue weighted by molar-refractivity contribution is -0.385. The summed E-state index contributed by atoms with van der Waals surface area (Å²) in [6.45, 7) is 4.60. The lowest BCUT2D eigenvalue weighted by atomic mass is 10.1. The molecular weight excluding hydrogens is 314 g/mol. The molecule has 0 saturated heterocycles. The number of aryl methyl sites for hydroxylation is 2. The van der Waals surface area contributed by atoms with E-state index in [0.29, 0.717) is 18.5 Å². The first-order chi connectivity index (χ1) is 11.0. The van der Waals surface area contributed by atoms with Gasteiger partial charge in [-0.2, -0.15) is 0 Å². The molecule has 0 aliphatic rings. The maximum Gasteiger partial charge on any atom is 0.273 e. The summed E-state index contributed by atoms with van der Waals surface area (Å²) >= 11 is 1.65. The fourth-order valence-electron chi connectivity index (χ4n) is 2.31. The number of nitrogens with zero attached hydrogens (tertiary/aromatic N) is 2. The smallest absolute Gasteiger partial charge is 0.273 e. The van der Waals surface area contributed by atoms with E-state index >= 15 is 0 Å². The molecule has 2 rings (SSSR count). The SMILES string of the molecule is CCc1nc(CCNC(=O)Cc2ccccc2[N+](=O)[O-])sc1C. The van der Waals surface area contributed by atoms with Crippen LogP contribution < -0.4 is 5.32 Å². The van der Waals surface area contributed by atoms with E-state index in [-0.39, 0.29) is 18.0 Å². The zero-order valence-corrected chi connectivity index (χ0v) is 14.0. The molecule has 0 atom stereocenters. The van der Waals surface area contributed by atoms with Gasteiger partial charge < -0.3 is 5.32 Å².